The number of rotatable bonds is 6. The minimum atomic E-state index is 0. The normalized spacial score (nSPS) is 18.1. The fourth-order valence-corrected chi connectivity index (χ4v) is 5.90. The lowest BCUT2D eigenvalue weighted by Gasteiger charge is -2.27. The first-order valence-corrected chi connectivity index (χ1v) is 13.7. The van der Waals surface area contributed by atoms with Gasteiger partial charge in [0, 0.05) is 24.6 Å². The topological polar surface area (TPSA) is 16.1 Å². The average molecular weight is 483 g/mol. The Balaban J connectivity index is 0.00000361. The van der Waals surface area contributed by atoms with Gasteiger partial charge in [-0.15, -0.1) is 6.42 Å². The van der Waals surface area contributed by atoms with E-state index in [4.69, 9.17) is 11.4 Å². The summed E-state index contributed by atoms with van der Waals surface area (Å²) in [4.78, 5) is 7.84. The van der Waals surface area contributed by atoms with Gasteiger partial charge in [-0.1, -0.05) is 83.2 Å². The molecule has 1 aliphatic carbocycles. The maximum atomic E-state index is 5.76. The van der Waals surface area contributed by atoms with Gasteiger partial charge in [0.2, 0.25) is 0 Å². The van der Waals surface area contributed by atoms with Crippen LogP contribution in [0, 0.1) is 26.2 Å². The summed E-state index contributed by atoms with van der Waals surface area (Å²) >= 11 is 0. The Morgan fingerprint density at radius 1 is 1.06 bits per heavy atom. The van der Waals surface area contributed by atoms with Gasteiger partial charge in [-0.3, -0.25) is 0 Å². The molecule has 0 bridgehead atoms. The molecule has 1 unspecified atom stereocenters. The number of pyridine rings is 1. The van der Waals surface area contributed by atoms with E-state index in [9.17, 15) is 0 Å². The van der Waals surface area contributed by atoms with Gasteiger partial charge in [0.05, 0.1) is 5.69 Å². The number of hydrogen-bond acceptors (Lipinski definition) is 2. The molecule has 0 amide bonds. The van der Waals surface area contributed by atoms with E-state index >= 15 is 0 Å². The van der Waals surface area contributed by atoms with Gasteiger partial charge in [-0.05, 0) is 85.4 Å². The van der Waals surface area contributed by atoms with Crippen LogP contribution in [0.4, 0.5) is 5.82 Å². The summed E-state index contributed by atoms with van der Waals surface area (Å²) in [5, 5.41) is 0. The van der Waals surface area contributed by atoms with Gasteiger partial charge in [0.1, 0.15) is 5.82 Å². The lowest BCUT2D eigenvalue weighted by atomic mass is 9.81. The van der Waals surface area contributed by atoms with Crippen molar-refractivity contribution in [1.29, 1.82) is 0 Å². The summed E-state index contributed by atoms with van der Waals surface area (Å²) in [6.45, 7) is 12.8. The zero-order chi connectivity index (χ0) is 24.8. The van der Waals surface area contributed by atoms with Crippen LogP contribution in [0.15, 0.2) is 42.5 Å². The number of aryl methyl sites for hydroxylation is 1. The summed E-state index contributed by atoms with van der Waals surface area (Å²) in [5.41, 5.74) is 8.59. The van der Waals surface area contributed by atoms with E-state index in [1.165, 1.54) is 80.0 Å². The average Bonchev–Trinajstić information content (AvgIpc) is 3.18. The lowest BCUT2D eigenvalue weighted by molar-refractivity contribution is 0.443. The van der Waals surface area contributed by atoms with Gasteiger partial charge >= 0.3 is 0 Å². The van der Waals surface area contributed by atoms with Crippen LogP contribution in [-0.4, -0.2) is 18.1 Å². The maximum absolute atomic E-state index is 5.76. The predicted molar refractivity (Wildman–Crippen MR) is 158 cm³/mol. The third-order valence-electron chi connectivity index (χ3n) is 8.20. The number of benzene rings is 1. The third kappa shape index (κ3) is 6.31. The summed E-state index contributed by atoms with van der Waals surface area (Å²) in [7, 11) is 0. The summed E-state index contributed by atoms with van der Waals surface area (Å²) < 4.78 is 0. The number of nitrogens with zero attached hydrogens (tertiary/aromatic N) is 2. The Kier molecular flexibility index (Phi) is 10.0. The van der Waals surface area contributed by atoms with E-state index in [1.807, 2.05) is 0 Å². The third-order valence-corrected chi connectivity index (χ3v) is 8.20. The Hall–Kier alpha value is -2.79. The van der Waals surface area contributed by atoms with Crippen molar-refractivity contribution in [3.8, 4) is 12.3 Å². The monoisotopic (exact) mass is 482 g/mol. The van der Waals surface area contributed by atoms with Gasteiger partial charge in [-0.2, -0.15) is 0 Å². The minimum absolute atomic E-state index is 0. The molecule has 2 fully saturated rings. The van der Waals surface area contributed by atoms with Crippen LogP contribution in [-0.2, 0) is 0 Å². The highest BCUT2D eigenvalue weighted by Crippen LogP contribution is 2.37. The number of hydrogen-bond donors (Lipinski definition) is 0. The van der Waals surface area contributed by atoms with E-state index in [2.05, 4.69) is 68.5 Å². The van der Waals surface area contributed by atoms with Crippen LogP contribution in [0.3, 0.4) is 0 Å². The van der Waals surface area contributed by atoms with Gasteiger partial charge in [0.25, 0.3) is 0 Å². The highest BCUT2D eigenvalue weighted by Gasteiger charge is 2.22. The van der Waals surface area contributed by atoms with Gasteiger partial charge < -0.3 is 4.90 Å². The molecule has 0 N–H and O–H groups in total. The molecular weight excluding hydrogens is 436 g/mol. The van der Waals surface area contributed by atoms with Crippen LogP contribution >= 0.6 is 0 Å². The largest absolute Gasteiger partial charge is 0.356 e. The van der Waals surface area contributed by atoms with Crippen molar-refractivity contribution in [3.63, 3.8) is 0 Å². The van der Waals surface area contributed by atoms with E-state index < -0.39 is 0 Å². The standard InChI is InChI=1S/C33H42N2.CH4/c1-6-27(7-2)21-30-23-32(34-33(25(30)4)35-19-13-8-9-14-20-35)26(5)31-22-29(18-17-24(31)3)28-15-11-10-12-16-28;/h1,7,17-18,21-23,26,28H,2,8-16,19-20H2,3-5H3;1H4/b27-21-;. The van der Waals surface area contributed by atoms with Crippen molar-refractivity contribution in [2.75, 3.05) is 18.0 Å². The molecule has 0 spiro atoms. The SMILES string of the molecule is C.C#C/C(C=C)=C/c1cc(C(C)c2cc(C3CCCCC3)ccc2C)nc(N2CCCCCC2)c1C. The molecule has 2 aliphatic rings. The van der Waals surface area contributed by atoms with Gasteiger partial charge in [-0.25, -0.2) is 4.98 Å². The molecule has 1 saturated carbocycles. The van der Waals surface area contributed by atoms with E-state index in [0.717, 1.165) is 35.7 Å². The van der Waals surface area contributed by atoms with Crippen molar-refractivity contribution < 1.29 is 0 Å². The Morgan fingerprint density at radius 3 is 2.36 bits per heavy atom. The molecule has 1 aliphatic heterocycles. The molecule has 192 valence electrons. The van der Waals surface area contributed by atoms with Crippen molar-refractivity contribution in [3.05, 3.63) is 76.0 Å². The lowest BCUT2D eigenvalue weighted by Crippen LogP contribution is -2.26. The molecule has 1 aromatic heterocycles. The molecule has 2 heterocycles. The van der Waals surface area contributed by atoms with Gasteiger partial charge in [0.15, 0.2) is 0 Å². The second-order valence-corrected chi connectivity index (χ2v) is 10.6. The second kappa shape index (κ2) is 13.0. The predicted octanol–water partition coefficient (Wildman–Crippen LogP) is 9.12. The number of anilines is 1. The molecule has 2 heteroatoms. The van der Waals surface area contributed by atoms with Crippen LogP contribution in [0.5, 0.6) is 0 Å². The minimum Gasteiger partial charge on any atom is -0.356 e. The highest BCUT2D eigenvalue weighted by atomic mass is 15.2. The summed E-state index contributed by atoms with van der Waals surface area (Å²) in [5.74, 6) is 4.83. The first-order chi connectivity index (χ1) is 17.0. The maximum Gasteiger partial charge on any atom is 0.132 e. The van der Waals surface area contributed by atoms with Crippen molar-refractivity contribution in [2.45, 2.75) is 97.8 Å². The number of terminal acetylenes is 1. The van der Waals surface area contributed by atoms with E-state index in [0.29, 0.717) is 5.92 Å². The summed E-state index contributed by atoms with van der Waals surface area (Å²) in [6.07, 6.45) is 21.5. The number of aromatic nitrogens is 1. The molecule has 2 aromatic rings. The number of allylic oxidation sites excluding steroid dienone is 2. The smallest absolute Gasteiger partial charge is 0.132 e. The Morgan fingerprint density at radius 2 is 1.72 bits per heavy atom. The van der Waals surface area contributed by atoms with Crippen LogP contribution in [0.1, 0.15) is 117 Å². The quantitative estimate of drug-likeness (QED) is 0.301. The zero-order valence-corrected chi connectivity index (χ0v) is 22.1. The fraction of sp³-hybridized carbons (Fsp3) is 0.500. The first-order valence-electron chi connectivity index (χ1n) is 13.7. The van der Waals surface area contributed by atoms with Crippen LogP contribution < -0.4 is 4.90 Å². The molecule has 4 rings (SSSR count). The second-order valence-electron chi connectivity index (χ2n) is 10.6. The molecular formula is C34H46N2. The molecule has 1 aromatic carbocycles. The first kappa shape index (κ1) is 27.8. The molecule has 1 saturated heterocycles. The van der Waals surface area contributed by atoms with Crippen molar-refractivity contribution >= 4 is 11.9 Å². The fourth-order valence-electron chi connectivity index (χ4n) is 5.90. The zero-order valence-electron chi connectivity index (χ0n) is 22.1. The van der Waals surface area contributed by atoms with Crippen molar-refractivity contribution in [2.24, 2.45) is 0 Å². The molecule has 1 atom stereocenters. The van der Waals surface area contributed by atoms with E-state index in [-0.39, 0.29) is 13.3 Å². The van der Waals surface area contributed by atoms with Crippen LogP contribution in [0.25, 0.3) is 6.08 Å². The van der Waals surface area contributed by atoms with E-state index in [1.54, 1.807) is 6.08 Å². The van der Waals surface area contributed by atoms with Crippen LogP contribution in [0.2, 0.25) is 0 Å². The Labute approximate surface area is 220 Å². The Bertz CT molecular complexity index is 1100. The summed E-state index contributed by atoms with van der Waals surface area (Å²) in [6, 6.07) is 9.43. The highest BCUT2D eigenvalue weighted by molar-refractivity contribution is 5.68. The molecule has 36 heavy (non-hydrogen) atoms. The van der Waals surface area contributed by atoms with Crippen molar-refractivity contribution in [1.82, 2.24) is 4.98 Å². The molecule has 0 radical (unpaired) electrons. The molecule has 2 nitrogen and oxygen atoms in total.